The number of aromatic carboxylic acids is 3. The van der Waals surface area contributed by atoms with Crippen LogP contribution in [0.4, 0.5) is 0 Å². The van der Waals surface area contributed by atoms with E-state index in [2.05, 4.69) is 19.9 Å². The Labute approximate surface area is 312 Å². The molecule has 0 heterocycles. The molecule has 7 aromatic rings. The number of fused-ring (bicyclic) bond motifs is 4. The molecule has 256 valence electrons. The topological polar surface area (TPSA) is 112 Å². The van der Waals surface area contributed by atoms with Crippen molar-refractivity contribution >= 4 is 50.2 Å². The van der Waals surface area contributed by atoms with Gasteiger partial charge in [-0.3, -0.25) is 0 Å². The summed E-state index contributed by atoms with van der Waals surface area (Å²) in [7, 11) is 0. The van der Waals surface area contributed by atoms with Crippen LogP contribution in [0.25, 0.3) is 32.3 Å². The van der Waals surface area contributed by atoms with E-state index in [1.165, 1.54) is 31.2 Å². The second kappa shape index (κ2) is 18.0. The molecule has 0 saturated carbocycles. The molecule has 7 heteroatoms. The molecule has 0 aliphatic heterocycles. The molecular weight excluding hydrogens is 672 g/mol. The van der Waals surface area contributed by atoms with E-state index in [1.807, 2.05) is 91.0 Å². The number of hydrogen-bond acceptors (Lipinski definition) is 3. The molecule has 51 heavy (non-hydrogen) atoms. The van der Waals surface area contributed by atoms with Gasteiger partial charge in [-0.05, 0) is 50.5 Å². The van der Waals surface area contributed by atoms with E-state index in [9.17, 15) is 14.4 Å². The van der Waals surface area contributed by atoms with E-state index >= 15 is 0 Å². The summed E-state index contributed by atoms with van der Waals surface area (Å²) < 4.78 is 0. The van der Waals surface area contributed by atoms with Gasteiger partial charge >= 0.3 is 17.9 Å². The van der Waals surface area contributed by atoms with Gasteiger partial charge in [0.1, 0.15) is 0 Å². The van der Waals surface area contributed by atoms with Gasteiger partial charge in [0, 0.05) is 21.7 Å². The maximum Gasteiger partial charge on any atom is 0.336 e. The van der Waals surface area contributed by atoms with Crippen molar-refractivity contribution in [3.05, 3.63) is 172 Å². The van der Waals surface area contributed by atoms with Gasteiger partial charge in [0.2, 0.25) is 0 Å². The fraction of sp³-hybridized carbons (Fsp3) is 0.136. The van der Waals surface area contributed by atoms with Crippen molar-refractivity contribution in [1.29, 1.82) is 0 Å². The molecule has 7 aromatic carbocycles. The Morgan fingerprint density at radius 3 is 1.20 bits per heavy atom. The zero-order valence-corrected chi connectivity index (χ0v) is 30.2. The third kappa shape index (κ3) is 9.43. The van der Waals surface area contributed by atoms with Crippen molar-refractivity contribution in [1.82, 2.24) is 0 Å². The van der Waals surface area contributed by atoms with Crippen molar-refractivity contribution in [2.24, 2.45) is 0 Å². The molecule has 0 saturated heterocycles. The number of aryl methyl sites for hydroxylation is 2. The molecule has 0 fully saturated rings. The van der Waals surface area contributed by atoms with Crippen LogP contribution in [0.1, 0.15) is 66.2 Å². The molecule has 0 bridgehead atoms. The van der Waals surface area contributed by atoms with Crippen LogP contribution >= 0.6 is 0 Å². The first-order valence-corrected chi connectivity index (χ1v) is 16.5. The Morgan fingerprint density at radius 2 is 0.843 bits per heavy atom. The van der Waals surface area contributed by atoms with E-state index in [4.69, 9.17) is 15.3 Å². The van der Waals surface area contributed by atoms with E-state index in [-0.39, 0.29) is 21.7 Å². The summed E-state index contributed by atoms with van der Waals surface area (Å²) in [5.41, 5.74) is 7.42. The van der Waals surface area contributed by atoms with Crippen LogP contribution < -0.4 is 0 Å². The Balaban J connectivity index is 0.000000152. The molecule has 6 nitrogen and oxygen atoms in total. The molecule has 3 N–H and O–H groups in total. The molecule has 0 radical (unpaired) electrons. The normalized spacial score (nSPS) is 11.3. The van der Waals surface area contributed by atoms with Crippen molar-refractivity contribution < 1.29 is 51.4 Å². The molecule has 0 spiro atoms. The van der Waals surface area contributed by atoms with Crippen molar-refractivity contribution in [2.45, 2.75) is 39.5 Å². The molecule has 0 unspecified atom stereocenters. The molecular formula is C44H39O6Ti-. The Hall–Kier alpha value is -5.43. The molecule has 0 aromatic heterocycles. The molecule has 0 atom stereocenters. The second-order valence-corrected chi connectivity index (χ2v) is 12.2. The van der Waals surface area contributed by atoms with Crippen LogP contribution in [0.2, 0.25) is 0 Å². The Kier molecular flexibility index (Phi) is 13.5. The smallest absolute Gasteiger partial charge is 0.336 e. The Bertz CT molecular complexity index is 2070. The number of carbonyl (C=O) groups is 3. The van der Waals surface area contributed by atoms with Gasteiger partial charge in [-0.15, -0.1) is 0 Å². The molecule has 1 aliphatic rings. The van der Waals surface area contributed by atoms with Crippen LogP contribution in [0.5, 0.6) is 0 Å². The van der Waals surface area contributed by atoms with Crippen LogP contribution in [0.15, 0.2) is 133 Å². The molecule has 8 rings (SSSR count). The number of benzene rings is 6. The minimum atomic E-state index is -0.878. The number of rotatable bonds is 3. The molecule has 0 amide bonds. The van der Waals surface area contributed by atoms with Gasteiger partial charge in [0.05, 0.1) is 16.7 Å². The Morgan fingerprint density at radius 1 is 0.510 bits per heavy atom. The maximum absolute atomic E-state index is 10.8. The van der Waals surface area contributed by atoms with Gasteiger partial charge in [-0.2, -0.15) is 22.3 Å². The van der Waals surface area contributed by atoms with E-state index < -0.39 is 17.9 Å². The zero-order valence-electron chi connectivity index (χ0n) is 28.6. The van der Waals surface area contributed by atoms with Crippen LogP contribution in [-0.4, -0.2) is 33.2 Å². The van der Waals surface area contributed by atoms with E-state index in [0.29, 0.717) is 16.7 Å². The fourth-order valence-electron chi connectivity index (χ4n) is 6.36. The monoisotopic (exact) mass is 711 g/mol. The summed E-state index contributed by atoms with van der Waals surface area (Å²) in [4.78, 5) is 32.4. The standard InChI is InChI=1S/3C11H8O2.C11H15.Ti/c3*12-11(13)10-7-3-5-8-4-1-2-6-9(8)10;1-8-7-10-5-3-4-6-11(10)9(8)2;/h3*1-7H,(H,12,13);7H,3-6H2,1-2H3;/q;;;-1;. The van der Waals surface area contributed by atoms with Crippen LogP contribution in [0, 0.1) is 13.8 Å². The third-order valence-corrected chi connectivity index (χ3v) is 9.01. The number of carboxylic acid groups (broad SMARTS) is 3. The zero-order chi connectivity index (χ0) is 35.6. The summed E-state index contributed by atoms with van der Waals surface area (Å²) >= 11 is 0. The summed E-state index contributed by atoms with van der Waals surface area (Å²) in [5.74, 6) is -2.63. The largest absolute Gasteiger partial charge is 0.478 e. The van der Waals surface area contributed by atoms with Gasteiger partial charge in [-0.1, -0.05) is 149 Å². The average Bonchev–Trinajstić information content (AvgIpc) is 3.44. The van der Waals surface area contributed by atoms with E-state index in [0.717, 1.165) is 32.3 Å². The van der Waals surface area contributed by atoms with Crippen molar-refractivity contribution in [3.8, 4) is 0 Å². The first-order chi connectivity index (χ1) is 24.2. The van der Waals surface area contributed by atoms with Crippen molar-refractivity contribution in [3.63, 3.8) is 0 Å². The average molecular weight is 712 g/mol. The summed E-state index contributed by atoms with van der Waals surface area (Å²) in [6.07, 6.45) is 5.45. The number of carboxylic acids is 3. The minimum Gasteiger partial charge on any atom is -0.478 e. The van der Waals surface area contributed by atoms with Crippen LogP contribution in [-0.2, 0) is 34.6 Å². The summed E-state index contributed by atoms with van der Waals surface area (Å²) in [6.45, 7) is 4.49. The first-order valence-electron chi connectivity index (χ1n) is 16.5. The molecule has 1 aliphatic carbocycles. The van der Waals surface area contributed by atoms with Crippen molar-refractivity contribution in [2.75, 3.05) is 0 Å². The predicted octanol–water partition coefficient (Wildman–Crippen LogP) is 10.5. The summed E-state index contributed by atoms with van der Waals surface area (Å²) in [5, 5.41) is 31.9. The van der Waals surface area contributed by atoms with Gasteiger partial charge in [0.25, 0.3) is 0 Å². The van der Waals surface area contributed by atoms with E-state index in [1.54, 1.807) is 53.1 Å². The quantitative estimate of drug-likeness (QED) is 0.124. The number of hydrogen-bond donors (Lipinski definition) is 3. The summed E-state index contributed by atoms with van der Waals surface area (Å²) in [6, 6.07) is 40.6. The minimum absolute atomic E-state index is 0. The third-order valence-electron chi connectivity index (χ3n) is 9.01. The van der Waals surface area contributed by atoms with Crippen LogP contribution in [0.3, 0.4) is 0 Å². The van der Waals surface area contributed by atoms with Gasteiger partial charge in [0.15, 0.2) is 0 Å². The maximum atomic E-state index is 10.8. The van der Waals surface area contributed by atoms with Gasteiger partial charge < -0.3 is 15.3 Å². The first kappa shape index (κ1) is 38.4. The SMILES string of the molecule is Cc1cc2c([c-]1C)CCCC2.O=C(O)c1cccc2ccccc12.O=C(O)c1cccc2ccccc12.O=C(O)c1cccc2ccccc12.[Ti]. The second-order valence-electron chi connectivity index (χ2n) is 12.2. The predicted molar refractivity (Wildman–Crippen MR) is 201 cm³/mol. The fourth-order valence-corrected chi connectivity index (χ4v) is 6.36. The van der Waals surface area contributed by atoms with Gasteiger partial charge in [-0.25, -0.2) is 20.4 Å².